The Morgan fingerprint density at radius 1 is 0.643 bits per heavy atom. The molecule has 0 bridgehead atoms. The van der Waals surface area contributed by atoms with E-state index in [0.29, 0.717) is 13.0 Å². The molecule has 0 amide bonds. The van der Waals surface area contributed by atoms with Crippen molar-refractivity contribution in [3.05, 3.63) is 0 Å². The van der Waals surface area contributed by atoms with E-state index in [-0.39, 0.29) is 43.5 Å². The summed E-state index contributed by atoms with van der Waals surface area (Å²) in [5, 5.41) is 8.55. The average Bonchev–Trinajstić information content (AvgIpc) is 2.65. The van der Waals surface area contributed by atoms with Crippen LogP contribution in [0.25, 0.3) is 0 Å². The van der Waals surface area contributed by atoms with Crippen molar-refractivity contribution in [3.8, 4) is 0 Å². The SMILES string of the molecule is Cl.NCC(=O)CCC(=O)OCCCCCCCCCCCCCCCC(=O)O. The predicted molar refractivity (Wildman–Crippen MR) is 114 cm³/mol. The zero-order chi connectivity index (χ0) is 20.2. The Morgan fingerprint density at radius 3 is 1.50 bits per heavy atom. The number of Topliss-reactive ketones (excluding diaryl/α,β-unsaturated/α-hetero) is 1. The number of unbranched alkanes of at least 4 members (excludes halogenated alkanes) is 12. The molecule has 3 N–H and O–H groups in total. The van der Waals surface area contributed by atoms with E-state index in [1.54, 1.807) is 0 Å². The molecule has 0 aromatic carbocycles. The standard InChI is InChI=1S/C21H39NO5.ClH/c22-18-19(23)15-16-21(26)27-17-13-11-9-7-5-3-1-2-4-6-8-10-12-14-20(24)25;/h1-18,22H2,(H,24,25);1H. The van der Waals surface area contributed by atoms with Gasteiger partial charge in [0.25, 0.3) is 0 Å². The fourth-order valence-corrected chi connectivity index (χ4v) is 2.92. The molecule has 0 aliphatic carbocycles. The Bertz CT molecular complexity index is 404. The average molecular weight is 422 g/mol. The maximum Gasteiger partial charge on any atom is 0.306 e. The third-order valence-corrected chi connectivity index (χ3v) is 4.63. The van der Waals surface area contributed by atoms with Crippen molar-refractivity contribution in [1.82, 2.24) is 0 Å². The summed E-state index contributed by atoms with van der Waals surface area (Å²) in [6, 6.07) is 0. The zero-order valence-electron chi connectivity index (χ0n) is 17.3. The van der Waals surface area contributed by atoms with Gasteiger partial charge < -0.3 is 15.6 Å². The van der Waals surface area contributed by atoms with Crippen molar-refractivity contribution in [3.63, 3.8) is 0 Å². The fourth-order valence-electron chi connectivity index (χ4n) is 2.92. The van der Waals surface area contributed by atoms with Gasteiger partial charge in [0.05, 0.1) is 19.6 Å². The number of nitrogens with two attached hydrogens (primary N) is 1. The van der Waals surface area contributed by atoms with Crippen LogP contribution in [-0.4, -0.2) is 36.0 Å². The van der Waals surface area contributed by atoms with Crippen molar-refractivity contribution in [1.29, 1.82) is 0 Å². The van der Waals surface area contributed by atoms with Crippen LogP contribution in [-0.2, 0) is 19.1 Å². The summed E-state index contributed by atoms with van der Waals surface area (Å²) < 4.78 is 5.09. The number of aliphatic carboxylic acids is 1. The second kappa shape index (κ2) is 22.2. The molecular formula is C21H40ClNO5. The summed E-state index contributed by atoms with van der Waals surface area (Å²) in [6.07, 6.45) is 15.6. The van der Waals surface area contributed by atoms with E-state index >= 15 is 0 Å². The van der Waals surface area contributed by atoms with E-state index < -0.39 is 5.97 Å². The largest absolute Gasteiger partial charge is 0.481 e. The molecule has 0 saturated carbocycles. The summed E-state index contributed by atoms with van der Waals surface area (Å²) >= 11 is 0. The number of ether oxygens (including phenoxy) is 1. The van der Waals surface area contributed by atoms with Crippen molar-refractivity contribution in [2.45, 2.75) is 103 Å². The molecule has 0 rings (SSSR count). The molecule has 6 nitrogen and oxygen atoms in total. The summed E-state index contributed by atoms with van der Waals surface area (Å²) in [5.41, 5.74) is 5.18. The number of hydrogen-bond donors (Lipinski definition) is 2. The lowest BCUT2D eigenvalue weighted by Crippen LogP contribution is -2.15. The Balaban J connectivity index is 0. The van der Waals surface area contributed by atoms with E-state index in [9.17, 15) is 14.4 Å². The van der Waals surface area contributed by atoms with Crippen molar-refractivity contribution >= 4 is 30.1 Å². The third-order valence-electron chi connectivity index (χ3n) is 4.63. The molecule has 0 fully saturated rings. The number of carbonyl (C=O) groups is 3. The molecule has 0 aliphatic heterocycles. The van der Waals surface area contributed by atoms with Crippen LogP contribution in [0.4, 0.5) is 0 Å². The van der Waals surface area contributed by atoms with Crippen LogP contribution in [0, 0.1) is 0 Å². The minimum absolute atomic E-state index is 0. The van der Waals surface area contributed by atoms with Crippen LogP contribution in [0.1, 0.15) is 103 Å². The molecule has 28 heavy (non-hydrogen) atoms. The van der Waals surface area contributed by atoms with Crippen LogP contribution in [0.2, 0.25) is 0 Å². The minimum Gasteiger partial charge on any atom is -0.481 e. The smallest absolute Gasteiger partial charge is 0.306 e. The van der Waals surface area contributed by atoms with E-state index in [0.717, 1.165) is 32.1 Å². The van der Waals surface area contributed by atoms with Gasteiger partial charge in [0.15, 0.2) is 0 Å². The van der Waals surface area contributed by atoms with E-state index in [4.69, 9.17) is 15.6 Å². The molecule has 0 spiro atoms. The quantitative estimate of drug-likeness (QED) is 0.216. The van der Waals surface area contributed by atoms with Gasteiger partial charge in [-0.25, -0.2) is 0 Å². The first-order valence-corrected chi connectivity index (χ1v) is 10.7. The third kappa shape index (κ3) is 22.9. The lowest BCUT2D eigenvalue weighted by Gasteiger charge is -2.05. The molecule has 7 heteroatoms. The number of carboxylic acids is 1. The van der Waals surface area contributed by atoms with Gasteiger partial charge in [-0.2, -0.15) is 0 Å². The normalized spacial score (nSPS) is 10.3. The van der Waals surface area contributed by atoms with Gasteiger partial charge in [0.2, 0.25) is 0 Å². The second-order valence-electron chi connectivity index (χ2n) is 7.20. The number of rotatable bonds is 20. The maximum atomic E-state index is 11.4. The lowest BCUT2D eigenvalue weighted by atomic mass is 10.0. The van der Waals surface area contributed by atoms with Gasteiger partial charge >= 0.3 is 11.9 Å². The Hall–Kier alpha value is -1.14. The lowest BCUT2D eigenvalue weighted by molar-refractivity contribution is -0.144. The molecule has 0 aliphatic rings. The molecule has 0 aromatic heterocycles. The van der Waals surface area contributed by atoms with Crippen LogP contribution in [0.5, 0.6) is 0 Å². The summed E-state index contributed by atoms with van der Waals surface area (Å²) in [6.45, 7) is 0.435. The molecule has 0 heterocycles. The number of ketones is 1. The molecule has 0 radical (unpaired) electrons. The highest BCUT2D eigenvalue weighted by Crippen LogP contribution is 2.13. The van der Waals surface area contributed by atoms with E-state index in [2.05, 4.69) is 0 Å². The first-order chi connectivity index (χ1) is 13.1. The van der Waals surface area contributed by atoms with E-state index in [1.165, 1.54) is 51.4 Å². The molecule has 166 valence electrons. The van der Waals surface area contributed by atoms with Gasteiger partial charge in [-0.05, 0) is 12.8 Å². The minimum atomic E-state index is -0.688. The summed E-state index contributed by atoms with van der Waals surface area (Å²) in [7, 11) is 0. The van der Waals surface area contributed by atoms with Crippen LogP contribution < -0.4 is 5.73 Å². The summed E-state index contributed by atoms with van der Waals surface area (Å²) in [5.74, 6) is -1.10. The fraction of sp³-hybridized carbons (Fsp3) is 0.857. The number of hydrogen-bond acceptors (Lipinski definition) is 5. The highest BCUT2D eigenvalue weighted by Gasteiger charge is 2.06. The number of carboxylic acid groups (broad SMARTS) is 1. The maximum absolute atomic E-state index is 11.4. The van der Waals surface area contributed by atoms with Crippen LogP contribution in [0.15, 0.2) is 0 Å². The first kappa shape index (κ1) is 29.1. The van der Waals surface area contributed by atoms with Crippen molar-refractivity contribution < 1.29 is 24.2 Å². The molecule has 0 saturated heterocycles. The number of esters is 1. The Labute approximate surface area is 176 Å². The number of halogens is 1. The van der Waals surface area contributed by atoms with Crippen molar-refractivity contribution in [2.24, 2.45) is 5.73 Å². The molecule has 0 atom stereocenters. The highest BCUT2D eigenvalue weighted by atomic mass is 35.5. The van der Waals surface area contributed by atoms with Gasteiger partial charge in [-0.1, -0.05) is 70.6 Å². The summed E-state index contributed by atoms with van der Waals surface area (Å²) in [4.78, 5) is 32.8. The van der Waals surface area contributed by atoms with Crippen molar-refractivity contribution in [2.75, 3.05) is 13.2 Å². The molecule has 0 unspecified atom stereocenters. The second-order valence-corrected chi connectivity index (χ2v) is 7.20. The Morgan fingerprint density at radius 2 is 1.07 bits per heavy atom. The van der Waals surface area contributed by atoms with Gasteiger partial charge in [0.1, 0.15) is 5.78 Å². The van der Waals surface area contributed by atoms with E-state index in [1.807, 2.05) is 0 Å². The monoisotopic (exact) mass is 421 g/mol. The highest BCUT2D eigenvalue weighted by molar-refractivity contribution is 5.85. The van der Waals surface area contributed by atoms with Gasteiger partial charge in [0, 0.05) is 12.8 Å². The molecule has 0 aromatic rings. The van der Waals surface area contributed by atoms with Crippen LogP contribution >= 0.6 is 12.4 Å². The topological polar surface area (TPSA) is 107 Å². The van der Waals surface area contributed by atoms with Crippen LogP contribution in [0.3, 0.4) is 0 Å². The Kier molecular flexibility index (Phi) is 23.0. The predicted octanol–water partition coefficient (Wildman–Crippen LogP) is 4.81. The zero-order valence-corrected chi connectivity index (χ0v) is 18.1. The van der Waals surface area contributed by atoms with Gasteiger partial charge in [-0.3, -0.25) is 14.4 Å². The molecular weight excluding hydrogens is 382 g/mol. The van der Waals surface area contributed by atoms with Gasteiger partial charge in [-0.15, -0.1) is 12.4 Å². The first-order valence-electron chi connectivity index (χ1n) is 10.7. The number of carbonyl (C=O) groups excluding carboxylic acids is 2.